The summed E-state index contributed by atoms with van der Waals surface area (Å²) in [7, 11) is 0. The molecule has 4 rings (SSSR count). The smallest absolute Gasteiger partial charge is 0.294 e. The lowest BCUT2D eigenvalue weighted by molar-refractivity contribution is -0.136. The van der Waals surface area contributed by atoms with Crippen molar-refractivity contribution in [2.24, 2.45) is 0 Å². The number of carbonyl (C=O) groups is 3. The molecule has 0 aromatic heterocycles. The molecule has 3 amide bonds. The average molecular weight is 515 g/mol. The normalized spacial score (nSPS) is 17.3. The summed E-state index contributed by atoms with van der Waals surface area (Å²) in [6.07, 6.45) is 4.64. The Bertz CT molecular complexity index is 1150. The lowest BCUT2D eigenvalue weighted by Crippen LogP contribution is -2.44. The third-order valence-electron chi connectivity index (χ3n) is 5.78. The third kappa shape index (κ3) is 6.18. The lowest BCUT2D eigenvalue weighted by atomic mass is 10.1. The molecule has 0 unspecified atom stereocenters. The van der Waals surface area contributed by atoms with E-state index in [0.29, 0.717) is 41.8 Å². The van der Waals surface area contributed by atoms with Gasteiger partial charge in [-0.1, -0.05) is 35.9 Å². The van der Waals surface area contributed by atoms with Gasteiger partial charge in [0.1, 0.15) is 13.2 Å². The van der Waals surface area contributed by atoms with E-state index >= 15 is 0 Å². The second kappa shape index (κ2) is 11.6. The van der Waals surface area contributed by atoms with Crippen molar-refractivity contribution in [1.82, 2.24) is 9.80 Å². The first-order valence-corrected chi connectivity index (χ1v) is 12.8. The Kier molecular flexibility index (Phi) is 8.36. The van der Waals surface area contributed by atoms with Crippen molar-refractivity contribution in [3.05, 3.63) is 63.5 Å². The van der Waals surface area contributed by atoms with Crippen LogP contribution in [0.3, 0.4) is 0 Å². The van der Waals surface area contributed by atoms with E-state index in [1.54, 1.807) is 35.2 Å². The molecule has 0 bridgehead atoms. The first-order chi connectivity index (χ1) is 17.0. The zero-order chi connectivity index (χ0) is 24.8. The van der Waals surface area contributed by atoms with E-state index in [1.807, 2.05) is 25.1 Å². The van der Waals surface area contributed by atoms with Crippen LogP contribution in [0.2, 0.25) is 5.02 Å². The molecule has 2 saturated heterocycles. The molecule has 35 heavy (non-hydrogen) atoms. The summed E-state index contributed by atoms with van der Waals surface area (Å²) in [6, 6.07) is 12.8. The monoisotopic (exact) mass is 514 g/mol. The second-order valence-electron chi connectivity index (χ2n) is 8.23. The number of benzene rings is 2. The Labute approximate surface area is 214 Å². The van der Waals surface area contributed by atoms with Crippen molar-refractivity contribution in [3.8, 4) is 11.5 Å². The quantitative estimate of drug-likeness (QED) is 0.441. The van der Waals surface area contributed by atoms with Gasteiger partial charge in [-0.25, -0.2) is 0 Å². The molecule has 0 spiro atoms. The zero-order valence-electron chi connectivity index (χ0n) is 19.5. The molecule has 2 aliphatic heterocycles. The Balaban J connectivity index is 1.46. The molecular weight excluding hydrogens is 488 g/mol. The van der Waals surface area contributed by atoms with Crippen LogP contribution in [0.5, 0.6) is 11.5 Å². The number of amides is 3. The van der Waals surface area contributed by atoms with Crippen molar-refractivity contribution >= 4 is 46.5 Å². The number of imide groups is 1. The highest BCUT2D eigenvalue weighted by Gasteiger charge is 2.37. The molecule has 9 heteroatoms. The number of carbonyl (C=O) groups excluding carboxylic acids is 3. The molecule has 2 aromatic rings. The highest BCUT2D eigenvalue weighted by molar-refractivity contribution is 8.18. The molecule has 2 heterocycles. The number of thioether (sulfide) groups is 1. The summed E-state index contributed by atoms with van der Waals surface area (Å²) in [5.41, 5.74) is 1.54. The van der Waals surface area contributed by atoms with E-state index in [9.17, 15) is 14.4 Å². The Morgan fingerprint density at radius 2 is 1.83 bits per heavy atom. The third-order valence-corrected chi connectivity index (χ3v) is 7.06. The number of ether oxygens (including phenoxy) is 2. The van der Waals surface area contributed by atoms with E-state index in [0.717, 1.165) is 41.5 Å². The van der Waals surface area contributed by atoms with Crippen LogP contribution >= 0.6 is 23.4 Å². The van der Waals surface area contributed by atoms with E-state index in [4.69, 9.17) is 21.1 Å². The second-order valence-corrected chi connectivity index (χ2v) is 9.63. The number of likely N-dealkylation sites (tertiary alicyclic amines) is 1. The van der Waals surface area contributed by atoms with E-state index in [-0.39, 0.29) is 24.0 Å². The van der Waals surface area contributed by atoms with Gasteiger partial charge in [0.15, 0.2) is 11.5 Å². The first kappa shape index (κ1) is 25.1. The van der Waals surface area contributed by atoms with Crippen LogP contribution in [0, 0.1) is 0 Å². The topological polar surface area (TPSA) is 76.2 Å². The largest absolute Gasteiger partial charge is 0.490 e. The summed E-state index contributed by atoms with van der Waals surface area (Å²) >= 11 is 7.05. The minimum atomic E-state index is -0.456. The fourth-order valence-electron chi connectivity index (χ4n) is 3.94. The molecule has 0 radical (unpaired) electrons. The fraction of sp³-hybridized carbons (Fsp3) is 0.346. The molecule has 0 aliphatic carbocycles. The average Bonchev–Trinajstić information content (AvgIpc) is 3.12. The summed E-state index contributed by atoms with van der Waals surface area (Å²) < 4.78 is 11.7. The Morgan fingerprint density at radius 1 is 1.06 bits per heavy atom. The van der Waals surface area contributed by atoms with Crippen LogP contribution in [-0.2, 0) is 16.2 Å². The van der Waals surface area contributed by atoms with Gasteiger partial charge in [0.05, 0.1) is 11.5 Å². The number of halogens is 1. The molecule has 0 saturated carbocycles. The molecule has 2 aromatic carbocycles. The van der Waals surface area contributed by atoms with E-state index in [1.165, 1.54) is 0 Å². The predicted molar refractivity (Wildman–Crippen MR) is 137 cm³/mol. The van der Waals surface area contributed by atoms with Crippen LogP contribution in [0.1, 0.15) is 37.3 Å². The van der Waals surface area contributed by atoms with Gasteiger partial charge in [-0.15, -0.1) is 0 Å². The first-order valence-electron chi connectivity index (χ1n) is 11.6. The fourth-order valence-corrected chi connectivity index (χ4v) is 4.97. The van der Waals surface area contributed by atoms with Crippen molar-refractivity contribution in [3.63, 3.8) is 0 Å². The van der Waals surface area contributed by atoms with Crippen molar-refractivity contribution in [2.45, 2.75) is 32.8 Å². The van der Waals surface area contributed by atoms with E-state index in [2.05, 4.69) is 0 Å². The summed E-state index contributed by atoms with van der Waals surface area (Å²) in [5, 5.41) is 0.188. The van der Waals surface area contributed by atoms with Crippen molar-refractivity contribution < 1.29 is 23.9 Å². The number of hydrogen-bond donors (Lipinski definition) is 0. The Morgan fingerprint density at radius 3 is 2.57 bits per heavy atom. The number of piperidine rings is 1. The van der Waals surface area contributed by atoms with Gasteiger partial charge in [-0.3, -0.25) is 19.3 Å². The van der Waals surface area contributed by atoms with Crippen LogP contribution < -0.4 is 9.47 Å². The zero-order valence-corrected chi connectivity index (χ0v) is 21.1. The van der Waals surface area contributed by atoms with Crippen LogP contribution in [-0.4, -0.2) is 53.1 Å². The predicted octanol–water partition coefficient (Wildman–Crippen LogP) is 5.37. The maximum atomic E-state index is 12.9. The molecule has 2 fully saturated rings. The van der Waals surface area contributed by atoms with Crippen LogP contribution in [0.4, 0.5) is 4.79 Å². The molecule has 2 aliphatic rings. The van der Waals surface area contributed by atoms with Gasteiger partial charge >= 0.3 is 0 Å². The molecule has 0 atom stereocenters. The van der Waals surface area contributed by atoms with Gasteiger partial charge in [0.25, 0.3) is 11.1 Å². The maximum Gasteiger partial charge on any atom is 0.294 e. The summed E-state index contributed by atoms with van der Waals surface area (Å²) in [6.45, 7) is 3.71. The Hall–Kier alpha value is -2.97. The number of nitrogens with zero attached hydrogens (tertiary/aromatic N) is 2. The minimum Gasteiger partial charge on any atom is -0.490 e. The van der Waals surface area contributed by atoms with Gasteiger partial charge in [0.2, 0.25) is 5.91 Å². The summed E-state index contributed by atoms with van der Waals surface area (Å²) in [4.78, 5) is 40.9. The highest BCUT2D eigenvalue weighted by atomic mass is 35.5. The lowest BCUT2D eigenvalue weighted by Gasteiger charge is -2.27. The molecule has 7 nitrogen and oxygen atoms in total. The van der Waals surface area contributed by atoms with E-state index < -0.39 is 11.1 Å². The van der Waals surface area contributed by atoms with Gasteiger partial charge < -0.3 is 14.4 Å². The number of rotatable bonds is 8. The van der Waals surface area contributed by atoms with Crippen molar-refractivity contribution in [1.29, 1.82) is 0 Å². The molecule has 184 valence electrons. The highest BCUT2D eigenvalue weighted by Crippen LogP contribution is 2.35. The maximum absolute atomic E-state index is 12.9. The summed E-state index contributed by atoms with van der Waals surface area (Å²) in [5.74, 6) is 0.422. The van der Waals surface area contributed by atoms with Gasteiger partial charge in [0, 0.05) is 23.7 Å². The van der Waals surface area contributed by atoms with Gasteiger partial charge in [-0.05, 0) is 67.8 Å². The van der Waals surface area contributed by atoms with Crippen molar-refractivity contribution in [2.75, 3.05) is 26.2 Å². The molecular formula is C26H27ClN2O5S. The SMILES string of the molecule is CCOc1cc(/C=C2/SC(=O)N(CC(=O)N3CCCCC3)C2=O)ccc1OCc1ccccc1Cl. The number of hydrogen-bond acceptors (Lipinski definition) is 6. The van der Waals surface area contributed by atoms with Crippen LogP contribution in [0.15, 0.2) is 47.4 Å². The standard InChI is InChI=1S/C26H27ClN2O5S/c1-2-33-22-14-18(10-11-21(22)34-17-19-8-4-5-9-20(19)27)15-23-25(31)29(26(32)35-23)16-24(30)28-12-6-3-7-13-28/h4-5,8-11,14-15H,2-3,6-7,12-13,16-17H2,1H3/b23-15+. The molecule has 0 N–H and O–H groups in total. The van der Waals surface area contributed by atoms with Gasteiger partial charge in [-0.2, -0.15) is 0 Å². The minimum absolute atomic E-state index is 0.188. The van der Waals surface area contributed by atoms with Crippen LogP contribution in [0.25, 0.3) is 6.08 Å².